The second-order valence-electron chi connectivity index (χ2n) is 12.2. The molecule has 0 radical (unpaired) electrons. The van der Waals surface area contributed by atoms with Crippen molar-refractivity contribution in [1.82, 2.24) is 19.9 Å². The van der Waals surface area contributed by atoms with E-state index in [2.05, 4.69) is 72.1 Å². The number of aromatic nitrogens is 3. The number of nitrogens with two attached hydrogens (primary N) is 1. The number of hydrogen-bond donors (Lipinski definition) is 2. The lowest BCUT2D eigenvalue weighted by Crippen LogP contribution is -2.42. The van der Waals surface area contributed by atoms with Gasteiger partial charge in [-0.1, -0.05) is 0 Å². The van der Waals surface area contributed by atoms with Crippen LogP contribution in [0.3, 0.4) is 0 Å². The van der Waals surface area contributed by atoms with E-state index in [-0.39, 0.29) is 29.9 Å². The van der Waals surface area contributed by atoms with Gasteiger partial charge in [-0.15, -0.1) is 12.4 Å². The molecule has 1 aromatic carbocycles. The van der Waals surface area contributed by atoms with Gasteiger partial charge in [-0.2, -0.15) is 0 Å². The molecule has 43 heavy (non-hydrogen) atoms. The van der Waals surface area contributed by atoms with Gasteiger partial charge in [0.15, 0.2) is 5.43 Å². The smallest absolute Gasteiger partial charge is 0.193 e. The molecule has 0 spiro atoms. The molecule has 0 bridgehead atoms. The van der Waals surface area contributed by atoms with Crippen LogP contribution in [0.4, 0.5) is 11.4 Å². The highest BCUT2D eigenvalue weighted by molar-refractivity contribution is 5.85. The molecular formula is C34H44ClN7O. The van der Waals surface area contributed by atoms with E-state index in [1.54, 1.807) is 0 Å². The number of nitrogens with one attached hydrogen (secondary N) is 1. The van der Waals surface area contributed by atoms with Crippen LogP contribution < -0.4 is 26.3 Å². The third-order valence-corrected chi connectivity index (χ3v) is 9.13. The largest absolute Gasteiger partial charge is 0.371 e. The maximum atomic E-state index is 13.9. The molecule has 0 amide bonds. The molecule has 3 N–H and O–H groups in total. The van der Waals surface area contributed by atoms with Crippen molar-refractivity contribution in [2.24, 2.45) is 18.7 Å². The van der Waals surface area contributed by atoms with Crippen molar-refractivity contribution >= 4 is 34.7 Å². The maximum absolute atomic E-state index is 13.9. The molecule has 2 aliphatic rings. The lowest BCUT2D eigenvalue weighted by molar-refractivity contribution is 0.307. The van der Waals surface area contributed by atoms with Crippen LogP contribution in [0.25, 0.3) is 10.9 Å². The van der Waals surface area contributed by atoms with Gasteiger partial charge in [0.25, 0.3) is 0 Å². The van der Waals surface area contributed by atoms with E-state index in [4.69, 9.17) is 5.73 Å². The van der Waals surface area contributed by atoms with E-state index in [9.17, 15) is 4.79 Å². The third-order valence-electron chi connectivity index (χ3n) is 9.13. The Labute approximate surface area is 260 Å². The van der Waals surface area contributed by atoms with Gasteiger partial charge in [0.05, 0.1) is 17.4 Å². The third kappa shape index (κ3) is 6.87. The first-order chi connectivity index (χ1) is 20.4. The molecule has 0 saturated carbocycles. The van der Waals surface area contributed by atoms with Crippen molar-refractivity contribution in [2.45, 2.75) is 58.2 Å². The van der Waals surface area contributed by atoms with Gasteiger partial charge >= 0.3 is 0 Å². The topological polar surface area (TPSA) is 92.3 Å². The standard InChI is InChI=1S/C34H43N7O.ClH/c1-23-6-7-30(20-37-23)41-14-4-5-26(22-41)33(25-10-13-36-24(2)17-25)38-19-27-21-39(3)32-9-8-29(18-31(32)34(27)42)40-15-11-28(35)12-16-40;/h6-10,13,17-18,20-21,26,28,33,38H,4-5,11-12,14-16,19,22,35H2,1-3H3;1H/t26-,33?;/m0./s1. The van der Waals surface area contributed by atoms with Gasteiger partial charge in [0.1, 0.15) is 0 Å². The Balaban J connectivity index is 0.00000368. The molecular weight excluding hydrogens is 558 g/mol. The van der Waals surface area contributed by atoms with Crippen LogP contribution in [0.5, 0.6) is 0 Å². The first kappa shape index (κ1) is 31.0. The molecule has 8 nitrogen and oxygen atoms in total. The van der Waals surface area contributed by atoms with Crippen molar-refractivity contribution in [3.63, 3.8) is 0 Å². The number of piperidine rings is 2. The highest BCUT2D eigenvalue weighted by Crippen LogP contribution is 2.32. The second kappa shape index (κ2) is 13.5. The SMILES string of the molecule is Cc1ccc(N2CCC[C@H](C(NCc3cn(C)c4ccc(N5CCC(N)CC5)cc4c3=O)c3ccnc(C)c3)C2)cn1.Cl. The summed E-state index contributed by atoms with van der Waals surface area (Å²) in [4.78, 5) is 27.7. The number of fused-ring (bicyclic) bond motifs is 1. The van der Waals surface area contributed by atoms with Gasteiger partial charge in [-0.05, 0) is 93.5 Å². The average Bonchev–Trinajstić information content (AvgIpc) is 3.00. The minimum absolute atomic E-state index is 0. The Kier molecular flexibility index (Phi) is 9.69. The zero-order valence-corrected chi connectivity index (χ0v) is 26.3. The summed E-state index contributed by atoms with van der Waals surface area (Å²) in [7, 11) is 2.03. The highest BCUT2D eigenvalue weighted by Gasteiger charge is 2.29. The minimum atomic E-state index is 0. The molecule has 3 aromatic heterocycles. The lowest BCUT2D eigenvalue weighted by Gasteiger charge is -2.39. The van der Waals surface area contributed by atoms with Crippen molar-refractivity contribution < 1.29 is 0 Å². The lowest BCUT2D eigenvalue weighted by atomic mass is 9.86. The van der Waals surface area contributed by atoms with Crippen LogP contribution in [-0.4, -0.2) is 46.8 Å². The summed E-state index contributed by atoms with van der Waals surface area (Å²) in [5.74, 6) is 0.378. The van der Waals surface area contributed by atoms with Crippen LogP contribution in [0, 0.1) is 19.8 Å². The van der Waals surface area contributed by atoms with Crippen LogP contribution in [-0.2, 0) is 13.6 Å². The van der Waals surface area contributed by atoms with Gasteiger partial charge in [-0.25, -0.2) is 0 Å². The van der Waals surface area contributed by atoms with Gasteiger partial charge < -0.3 is 25.4 Å². The van der Waals surface area contributed by atoms with E-state index < -0.39 is 0 Å². The van der Waals surface area contributed by atoms with Crippen LogP contribution in [0.1, 0.15) is 54.2 Å². The number of rotatable bonds is 7. The summed E-state index contributed by atoms with van der Waals surface area (Å²) in [5.41, 5.74) is 13.5. The van der Waals surface area contributed by atoms with Gasteiger partial charge in [-0.3, -0.25) is 14.8 Å². The number of aryl methyl sites for hydroxylation is 3. The molecule has 5 heterocycles. The van der Waals surface area contributed by atoms with E-state index >= 15 is 0 Å². The maximum Gasteiger partial charge on any atom is 0.193 e. The summed E-state index contributed by atoms with van der Waals surface area (Å²) in [5, 5.41) is 4.61. The average molecular weight is 602 g/mol. The number of hydrogen-bond acceptors (Lipinski definition) is 7. The van der Waals surface area contributed by atoms with Gasteiger partial charge in [0.2, 0.25) is 0 Å². The summed E-state index contributed by atoms with van der Waals surface area (Å²) < 4.78 is 2.09. The molecule has 228 valence electrons. The number of halogens is 1. The summed E-state index contributed by atoms with van der Waals surface area (Å²) in [6.07, 6.45) is 10.1. The number of nitrogens with zero attached hydrogens (tertiary/aromatic N) is 5. The van der Waals surface area contributed by atoms with E-state index in [1.807, 2.05) is 39.5 Å². The quantitative estimate of drug-likeness (QED) is 0.306. The minimum Gasteiger partial charge on any atom is -0.371 e. The fraction of sp³-hybridized carbons (Fsp3) is 0.441. The van der Waals surface area contributed by atoms with E-state index in [0.717, 1.165) is 85.4 Å². The Hall–Kier alpha value is -3.46. The Bertz CT molecular complexity index is 1600. The summed E-state index contributed by atoms with van der Waals surface area (Å²) in [6, 6.07) is 15.2. The van der Waals surface area contributed by atoms with E-state index in [1.165, 1.54) is 11.3 Å². The molecule has 4 aromatic rings. The second-order valence-corrected chi connectivity index (χ2v) is 12.2. The molecule has 2 fully saturated rings. The molecule has 9 heteroatoms. The Morgan fingerprint density at radius 3 is 2.49 bits per heavy atom. The number of anilines is 2. The highest BCUT2D eigenvalue weighted by atomic mass is 35.5. The first-order valence-corrected chi connectivity index (χ1v) is 15.3. The monoisotopic (exact) mass is 601 g/mol. The fourth-order valence-corrected chi connectivity index (χ4v) is 6.73. The zero-order chi connectivity index (χ0) is 29.2. The first-order valence-electron chi connectivity index (χ1n) is 15.3. The summed E-state index contributed by atoms with van der Waals surface area (Å²) >= 11 is 0. The molecule has 0 aliphatic carbocycles. The number of benzene rings is 1. The number of pyridine rings is 3. The van der Waals surface area contributed by atoms with Crippen molar-refractivity contribution in [3.05, 3.63) is 93.8 Å². The van der Waals surface area contributed by atoms with Crippen LogP contribution in [0.2, 0.25) is 0 Å². The summed E-state index contributed by atoms with van der Waals surface area (Å²) in [6.45, 7) is 8.38. The fourth-order valence-electron chi connectivity index (χ4n) is 6.73. The molecule has 1 unspecified atom stereocenters. The van der Waals surface area contributed by atoms with E-state index in [0.29, 0.717) is 12.5 Å². The predicted molar refractivity (Wildman–Crippen MR) is 178 cm³/mol. The normalized spacial score (nSPS) is 18.5. The van der Waals surface area contributed by atoms with Crippen molar-refractivity contribution in [1.29, 1.82) is 0 Å². The zero-order valence-electron chi connectivity index (χ0n) is 25.5. The molecule has 2 aliphatic heterocycles. The van der Waals surface area contributed by atoms with Crippen LogP contribution in [0.15, 0.2) is 65.8 Å². The van der Waals surface area contributed by atoms with Crippen molar-refractivity contribution in [2.75, 3.05) is 36.0 Å². The Morgan fingerprint density at radius 1 is 0.953 bits per heavy atom. The Morgan fingerprint density at radius 2 is 1.74 bits per heavy atom. The molecule has 2 atom stereocenters. The van der Waals surface area contributed by atoms with Crippen molar-refractivity contribution in [3.8, 4) is 0 Å². The predicted octanol–water partition coefficient (Wildman–Crippen LogP) is 5.04. The van der Waals surface area contributed by atoms with Crippen LogP contribution >= 0.6 is 12.4 Å². The molecule has 6 rings (SSSR count). The molecule has 2 saturated heterocycles. The van der Waals surface area contributed by atoms with Gasteiger partial charge in [0, 0.05) is 92.3 Å².